The lowest BCUT2D eigenvalue weighted by atomic mass is 10.0. The molecule has 0 radical (unpaired) electrons. The average Bonchev–Trinajstić information content (AvgIpc) is 2.38. The standard InChI is InChI=1S/C15H20O2/c1-2-3-4-5-6-7-15(17)14-10-8-13(12-16)9-11-14/h8-12H,2-7H2,1H3. The minimum absolute atomic E-state index is 0.180. The Hall–Kier alpha value is -1.44. The first-order valence-corrected chi connectivity index (χ1v) is 6.36. The van der Waals surface area contributed by atoms with Crippen LogP contribution in [-0.4, -0.2) is 12.1 Å². The zero-order valence-corrected chi connectivity index (χ0v) is 10.4. The highest BCUT2D eigenvalue weighted by atomic mass is 16.1. The van der Waals surface area contributed by atoms with Gasteiger partial charge in [0.1, 0.15) is 6.29 Å². The quantitative estimate of drug-likeness (QED) is 0.385. The predicted molar refractivity (Wildman–Crippen MR) is 69.5 cm³/mol. The highest BCUT2D eigenvalue weighted by Crippen LogP contribution is 2.10. The summed E-state index contributed by atoms with van der Waals surface area (Å²) in [5.41, 5.74) is 1.33. The van der Waals surface area contributed by atoms with Crippen molar-refractivity contribution in [3.63, 3.8) is 0 Å². The Bertz CT molecular complexity index is 352. The van der Waals surface area contributed by atoms with E-state index in [1.54, 1.807) is 24.3 Å². The third-order valence-corrected chi connectivity index (χ3v) is 2.88. The Balaban J connectivity index is 2.33. The molecule has 0 aliphatic carbocycles. The maximum atomic E-state index is 11.8. The molecule has 0 heterocycles. The van der Waals surface area contributed by atoms with Gasteiger partial charge in [-0.2, -0.15) is 0 Å². The summed E-state index contributed by atoms with van der Waals surface area (Å²) in [4.78, 5) is 22.3. The molecule has 1 aromatic rings. The summed E-state index contributed by atoms with van der Waals surface area (Å²) >= 11 is 0. The molecular formula is C15H20O2. The lowest BCUT2D eigenvalue weighted by Gasteiger charge is -2.01. The van der Waals surface area contributed by atoms with Gasteiger partial charge in [0.15, 0.2) is 5.78 Å². The highest BCUT2D eigenvalue weighted by molar-refractivity contribution is 5.96. The molecule has 0 amide bonds. The monoisotopic (exact) mass is 232 g/mol. The van der Waals surface area contributed by atoms with Crippen LogP contribution in [0.3, 0.4) is 0 Å². The van der Waals surface area contributed by atoms with Crippen LogP contribution in [0.1, 0.15) is 66.2 Å². The van der Waals surface area contributed by atoms with E-state index in [1.807, 2.05) is 0 Å². The summed E-state index contributed by atoms with van der Waals surface area (Å²) in [7, 11) is 0. The predicted octanol–water partition coefficient (Wildman–Crippen LogP) is 4.04. The summed E-state index contributed by atoms with van der Waals surface area (Å²) in [6.45, 7) is 2.18. The minimum atomic E-state index is 0.180. The number of hydrogen-bond acceptors (Lipinski definition) is 2. The molecule has 92 valence electrons. The lowest BCUT2D eigenvalue weighted by molar-refractivity contribution is 0.0978. The SMILES string of the molecule is CCCCCCCC(=O)c1ccc(C=O)cc1. The largest absolute Gasteiger partial charge is 0.298 e. The van der Waals surface area contributed by atoms with E-state index < -0.39 is 0 Å². The van der Waals surface area contributed by atoms with E-state index in [2.05, 4.69) is 6.92 Å². The molecule has 0 atom stereocenters. The van der Waals surface area contributed by atoms with Gasteiger partial charge < -0.3 is 0 Å². The highest BCUT2D eigenvalue weighted by Gasteiger charge is 2.04. The Morgan fingerprint density at radius 3 is 2.29 bits per heavy atom. The first-order chi connectivity index (χ1) is 8.27. The Morgan fingerprint density at radius 1 is 1.06 bits per heavy atom. The van der Waals surface area contributed by atoms with Gasteiger partial charge in [-0.3, -0.25) is 9.59 Å². The number of aldehydes is 1. The molecule has 17 heavy (non-hydrogen) atoms. The smallest absolute Gasteiger partial charge is 0.162 e. The summed E-state index contributed by atoms with van der Waals surface area (Å²) in [5.74, 6) is 0.180. The molecule has 1 rings (SSSR count). The van der Waals surface area contributed by atoms with E-state index in [0.29, 0.717) is 17.5 Å². The van der Waals surface area contributed by atoms with E-state index >= 15 is 0 Å². The fourth-order valence-electron chi connectivity index (χ4n) is 1.78. The molecule has 0 bridgehead atoms. The second-order valence-electron chi connectivity index (χ2n) is 4.33. The van der Waals surface area contributed by atoms with Gasteiger partial charge in [0.05, 0.1) is 0 Å². The van der Waals surface area contributed by atoms with Gasteiger partial charge in [-0.05, 0) is 6.42 Å². The van der Waals surface area contributed by atoms with Crippen LogP contribution in [-0.2, 0) is 0 Å². The molecule has 2 heteroatoms. The second kappa shape index (κ2) is 7.77. The van der Waals surface area contributed by atoms with Gasteiger partial charge in [-0.15, -0.1) is 0 Å². The van der Waals surface area contributed by atoms with Crippen molar-refractivity contribution in [3.05, 3.63) is 35.4 Å². The zero-order valence-electron chi connectivity index (χ0n) is 10.4. The van der Waals surface area contributed by atoms with Crippen LogP contribution in [0.2, 0.25) is 0 Å². The normalized spacial score (nSPS) is 10.2. The molecule has 0 aliphatic rings. The van der Waals surface area contributed by atoms with Gasteiger partial charge >= 0.3 is 0 Å². The van der Waals surface area contributed by atoms with Gasteiger partial charge in [0.2, 0.25) is 0 Å². The third kappa shape index (κ3) is 4.94. The molecule has 1 aromatic carbocycles. The van der Waals surface area contributed by atoms with E-state index in [9.17, 15) is 9.59 Å². The fourth-order valence-corrected chi connectivity index (χ4v) is 1.78. The molecule has 0 spiro atoms. The number of ketones is 1. The Labute approximate surface area is 103 Å². The van der Waals surface area contributed by atoms with Crippen molar-refractivity contribution in [1.29, 1.82) is 0 Å². The Kier molecular flexibility index (Phi) is 6.23. The zero-order chi connectivity index (χ0) is 12.5. The number of carbonyl (C=O) groups is 2. The van der Waals surface area contributed by atoms with E-state index in [4.69, 9.17) is 0 Å². The summed E-state index contributed by atoms with van der Waals surface area (Å²) in [6.07, 6.45) is 7.20. The van der Waals surface area contributed by atoms with Crippen LogP contribution in [0.4, 0.5) is 0 Å². The number of Topliss-reactive ketones (excluding diaryl/α,β-unsaturated/α-hetero) is 1. The van der Waals surface area contributed by atoms with Crippen molar-refractivity contribution >= 4 is 12.1 Å². The Morgan fingerprint density at radius 2 is 1.71 bits per heavy atom. The van der Waals surface area contributed by atoms with Crippen molar-refractivity contribution in [3.8, 4) is 0 Å². The maximum Gasteiger partial charge on any atom is 0.162 e. The summed E-state index contributed by atoms with van der Waals surface area (Å²) in [5, 5.41) is 0. The second-order valence-corrected chi connectivity index (χ2v) is 4.33. The van der Waals surface area contributed by atoms with Crippen molar-refractivity contribution in [1.82, 2.24) is 0 Å². The summed E-state index contributed by atoms with van der Waals surface area (Å²) in [6, 6.07) is 6.85. The van der Waals surface area contributed by atoms with Gasteiger partial charge in [-0.1, -0.05) is 56.9 Å². The fraction of sp³-hybridized carbons (Fsp3) is 0.467. The van der Waals surface area contributed by atoms with Crippen molar-refractivity contribution in [2.45, 2.75) is 45.4 Å². The van der Waals surface area contributed by atoms with Gasteiger partial charge in [0.25, 0.3) is 0 Å². The van der Waals surface area contributed by atoms with E-state index in [1.165, 1.54) is 19.3 Å². The molecule has 2 nitrogen and oxygen atoms in total. The number of rotatable bonds is 8. The molecule has 0 saturated carbocycles. The van der Waals surface area contributed by atoms with Crippen LogP contribution in [0, 0.1) is 0 Å². The van der Waals surface area contributed by atoms with E-state index in [0.717, 1.165) is 19.1 Å². The van der Waals surface area contributed by atoms with Crippen LogP contribution < -0.4 is 0 Å². The molecule has 0 fully saturated rings. The van der Waals surface area contributed by atoms with E-state index in [-0.39, 0.29) is 5.78 Å². The van der Waals surface area contributed by atoms with Gasteiger partial charge in [0, 0.05) is 17.5 Å². The molecular weight excluding hydrogens is 212 g/mol. The van der Waals surface area contributed by atoms with Crippen LogP contribution >= 0.6 is 0 Å². The molecule has 0 saturated heterocycles. The van der Waals surface area contributed by atoms with Crippen molar-refractivity contribution < 1.29 is 9.59 Å². The first-order valence-electron chi connectivity index (χ1n) is 6.36. The number of carbonyl (C=O) groups excluding carboxylic acids is 2. The van der Waals surface area contributed by atoms with Crippen LogP contribution in [0.25, 0.3) is 0 Å². The number of benzene rings is 1. The number of hydrogen-bond donors (Lipinski definition) is 0. The minimum Gasteiger partial charge on any atom is -0.298 e. The van der Waals surface area contributed by atoms with Crippen LogP contribution in [0.5, 0.6) is 0 Å². The lowest BCUT2D eigenvalue weighted by Crippen LogP contribution is -1.99. The third-order valence-electron chi connectivity index (χ3n) is 2.88. The molecule has 0 aliphatic heterocycles. The molecule has 0 unspecified atom stereocenters. The maximum absolute atomic E-state index is 11.8. The number of unbranched alkanes of at least 4 members (excludes halogenated alkanes) is 4. The first kappa shape index (κ1) is 13.6. The summed E-state index contributed by atoms with van der Waals surface area (Å²) < 4.78 is 0. The molecule has 0 aromatic heterocycles. The topological polar surface area (TPSA) is 34.1 Å². The molecule has 0 N–H and O–H groups in total. The van der Waals surface area contributed by atoms with Crippen molar-refractivity contribution in [2.24, 2.45) is 0 Å². The average molecular weight is 232 g/mol. The van der Waals surface area contributed by atoms with Gasteiger partial charge in [-0.25, -0.2) is 0 Å². The van der Waals surface area contributed by atoms with Crippen LogP contribution in [0.15, 0.2) is 24.3 Å². The van der Waals surface area contributed by atoms with Crippen molar-refractivity contribution in [2.75, 3.05) is 0 Å².